The van der Waals surface area contributed by atoms with E-state index in [4.69, 9.17) is 4.98 Å². The number of nitrogens with one attached hydrogen (secondary N) is 1. The maximum atomic E-state index is 4.98. The Morgan fingerprint density at radius 2 is 2.15 bits per heavy atom. The third kappa shape index (κ3) is 3.79. The van der Waals surface area contributed by atoms with Crippen LogP contribution in [0.15, 0.2) is 0 Å². The number of aryl methyl sites for hydroxylation is 1. The molecule has 0 amide bonds. The Bertz CT molecular complexity index is 395. The summed E-state index contributed by atoms with van der Waals surface area (Å²) in [5.41, 5.74) is 1.31. The average molecular weight is 296 g/mol. The smallest absolute Gasteiger partial charge is 0.112 e. The van der Waals surface area contributed by atoms with Crippen molar-refractivity contribution < 1.29 is 0 Å². The molecule has 0 saturated carbocycles. The highest BCUT2D eigenvalue weighted by Gasteiger charge is 2.25. The van der Waals surface area contributed by atoms with Gasteiger partial charge in [0.25, 0.3) is 0 Å². The van der Waals surface area contributed by atoms with E-state index in [0.717, 1.165) is 19.5 Å². The molecule has 1 N–H and O–H groups in total. The molecule has 114 valence electrons. The van der Waals surface area contributed by atoms with Crippen LogP contribution in [0.5, 0.6) is 0 Å². The standard InChI is InChI=1S/C15H28N4S/c1-5-7-12-14(10-16-2)20-15(17-12)13-11-18(3)8-6-9-19(13)4/h13,16H,5-11H2,1-4H3. The fourth-order valence-electron chi connectivity index (χ4n) is 2.82. The molecule has 1 saturated heterocycles. The Morgan fingerprint density at radius 1 is 1.35 bits per heavy atom. The molecule has 4 nitrogen and oxygen atoms in total. The summed E-state index contributed by atoms with van der Waals surface area (Å²) in [6, 6.07) is 0.453. The van der Waals surface area contributed by atoms with E-state index < -0.39 is 0 Å². The fraction of sp³-hybridized carbons (Fsp3) is 0.800. The maximum absolute atomic E-state index is 4.98. The first-order chi connectivity index (χ1) is 9.65. The Hall–Kier alpha value is -0.490. The van der Waals surface area contributed by atoms with E-state index in [-0.39, 0.29) is 0 Å². The quantitative estimate of drug-likeness (QED) is 0.902. The lowest BCUT2D eigenvalue weighted by Crippen LogP contribution is -2.30. The van der Waals surface area contributed by atoms with Crippen molar-refractivity contribution in [2.24, 2.45) is 0 Å². The lowest BCUT2D eigenvalue weighted by Gasteiger charge is -2.25. The first-order valence-corrected chi connectivity index (χ1v) is 8.49. The Morgan fingerprint density at radius 3 is 2.85 bits per heavy atom. The van der Waals surface area contributed by atoms with E-state index >= 15 is 0 Å². The van der Waals surface area contributed by atoms with E-state index in [9.17, 15) is 0 Å². The van der Waals surface area contributed by atoms with Crippen LogP contribution in [0.2, 0.25) is 0 Å². The Labute approximate surface area is 127 Å². The zero-order valence-corrected chi connectivity index (χ0v) is 14.1. The van der Waals surface area contributed by atoms with Crippen molar-refractivity contribution in [1.29, 1.82) is 0 Å². The van der Waals surface area contributed by atoms with Crippen LogP contribution < -0.4 is 5.32 Å². The van der Waals surface area contributed by atoms with Crippen LogP contribution in [0, 0.1) is 0 Å². The molecule has 2 rings (SSSR count). The third-order valence-corrected chi connectivity index (χ3v) is 5.17. The van der Waals surface area contributed by atoms with Gasteiger partial charge in [0.15, 0.2) is 0 Å². The van der Waals surface area contributed by atoms with Crippen LogP contribution in [0.1, 0.15) is 41.4 Å². The monoisotopic (exact) mass is 296 g/mol. The van der Waals surface area contributed by atoms with E-state index in [2.05, 4.69) is 36.1 Å². The minimum absolute atomic E-state index is 0.453. The first kappa shape index (κ1) is 15.9. The second-order valence-electron chi connectivity index (χ2n) is 5.81. The Kier molecular flexibility index (Phi) is 5.96. The predicted octanol–water partition coefficient (Wildman–Crippen LogP) is 2.12. The first-order valence-electron chi connectivity index (χ1n) is 7.67. The highest BCUT2D eigenvalue weighted by atomic mass is 32.1. The third-order valence-electron chi connectivity index (χ3n) is 3.97. The molecular formula is C15H28N4S. The molecule has 1 fully saturated rings. The van der Waals surface area contributed by atoms with E-state index in [1.54, 1.807) is 0 Å². The summed E-state index contributed by atoms with van der Waals surface area (Å²) in [5.74, 6) is 0. The van der Waals surface area contributed by atoms with Crippen molar-refractivity contribution in [3.8, 4) is 0 Å². The summed E-state index contributed by atoms with van der Waals surface area (Å²) in [7, 11) is 6.48. The molecule has 1 aromatic rings. The predicted molar refractivity (Wildman–Crippen MR) is 86.4 cm³/mol. The van der Waals surface area contributed by atoms with E-state index in [1.165, 1.54) is 41.5 Å². The highest BCUT2D eigenvalue weighted by Crippen LogP contribution is 2.30. The van der Waals surface area contributed by atoms with Gasteiger partial charge in [-0.3, -0.25) is 4.90 Å². The Balaban J connectivity index is 2.23. The van der Waals surface area contributed by atoms with Crippen molar-refractivity contribution in [1.82, 2.24) is 20.1 Å². The van der Waals surface area contributed by atoms with Crippen molar-refractivity contribution in [3.05, 3.63) is 15.6 Å². The topological polar surface area (TPSA) is 31.4 Å². The minimum Gasteiger partial charge on any atom is -0.315 e. The van der Waals surface area contributed by atoms with Crippen LogP contribution in [0.4, 0.5) is 0 Å². The lowest BCUT2D eigenvalue weighted by molar-refractivity contribution is 0.228. The van der Waals surface area contributed by atoms with Gasteiger partial charge in [0.1, 0.15) is 5.01 Å². The molecule has 1 aliphatic heterocycles. The minimum atomic E-state index is 0.453. The number of thiazole rings is 1. The van der Waals surface area contributed by atoms with Crippen LogP contribution >= 0.6 is 11.3 Å². The zero-order valence-electron chi connectivity index (χ0n) is 13.3. The highest BCUT2D eigenvalue weighted by molar-refractivity contribution is 7.11. The second kappa shape index (κ2) is 7.50. The zero-order chi connectivity index (χ0) is 14.5. The van der Waals surface area contributed by atoms with E-state index in [0.29, 0.717) is 6.04 Å². The molecule has 1 aliphatic rings. The molecule has 1 aromatic heterocycles. The van der Waals surface area contributed by atoms with E-state index in [1.807, 2.05) is 18.4 Å². The van der Waals surface area contributed by atoms with Gasteiger partial charge in [-0.15, -0.1) is 11.3 Å². The number of hydrogen-bond acceptors (Lipinski definition) is 5. The van der Waals surface area contributed by atoms with Gasteiger partial charge in [-0.05, 0) is 47.1 Å². The normalized spacial score (nSPS) is 22.1. The van der Waals surface area contributed by atoms with Gasteiger partial charge >= 0.3 is 0 Å². The number of nitrogens with zero attached hydrogens (tertiary/aromatic N) is 3. The summed E-state index contributed by atoms with van der Waals surface area (Å²) in [4.78, 5) is 11.3. The number of likely N-dealkylation sites (N-methyl/N-ethyl adjacent to an activating group) is 2. The molecule has 20 heavy (non-hydrogen) atoms. The molecule has 0 spiro atoms. The number of aromatic nitrogens is 1. The van der Waals surface area contributed by atoms with Crippen molar-refractivity contribution in [3.63, 3.8) is 0 Å². The van der Waals surface area contributed by atoms with Crippen LogP contribution in [0.3, 0.4) is 0 Å². The van der Waals surface area contributed by atoms with Crippen LogP contribution in [-0.2, 0) is 13.0 Å². The number of rotatable bonds is 5. The molecule has 0 aliphatic carbocycles. The van der Waals surface area contributed by atoms with Gasteiger partial charge < -0.3 is 10.2 Å². The van der Waals surface area contributed by atoms with Gasteiger partial charge in [0.05, 0.1) is 11.7 Å². The van der Waals surface area contributed by atoms with Crippen molar-refractivity contribution in [2.75, 3.05) is 40.8 Å². The van der Waals surface area contributed by atoms with Gasteiger partial charge in [-0.25, -0.2) is 4.98 Å². The molecule has 2 heterocycles. The van der Waals surface area contributed by atoms with Gasteiger partial charge in [0.2, 0.25) is 0 Å². The van der Waals surface area contributed by atoms with Gasteiger partial charge in [-0.2, -0.15) is 0 Å². The number of hydrogen-bond donors (Lipinski definition) is 1. The molecular weight excluding hydrogens is 268 g/mol. The second-order valence-corrected chi connectivity index (χ2v) is 6.93. The summed E-state index contributed by atoms with van der Waals surface area (Å²) >= 11 is 1.90. The molecule has 0 aromatic carbocycles. The van der Waals surface area contributed by atoms with Gasteiger partial charge in [0, 0.05) is 18.0 Å². The maximum Gasteiger partial charge on any atom is 0.112 e. The average Bonchev–Trinajstić information content (AvgIpc) is 2.71. The summed E-state index contributed by atoms with van der Waals surface area (Å²) in [6.45, 7) is 6.62. The molecule has 1 atom stereocenters. The van der Waals surface area contributed by atoms with Crippen LogP contribution in [0.25, 0.3) is 0 Å². The molecule has 0 radical (unpaired) electrons. The molecule has 1 unspecified atom stereocenters. The van der Waals surface area contributed by atoms with Crippen molar-refractivity contribution in [2.45, 2.75) is 38.8 Å². The lowest BCUT2D eigenvalue weighted by atomic mass is 10.2. The molecule has 5 heteroatoms. The largest absolute Gasteiger partial charge is 0.315 e. The van der Waals surface area contributed by atoms with Crippen LogP contribution in [-0.4, -0.2) is 55.6 Å². The van der Waals surface area contributed by atoms with Gasteiger partial charge in [-0.1, -0.05) is 13.3 Å². The van der Waals surface area contributed by atoms with Crippen molar-refractivity contribution >= 4 is 11.3 Å². The summed E-state index contributed by atoms with van der Waals surface area (Å²) in [5, 5.41) is 4.58. The SMILES string of the molecule is CCCc1nc(C2CN(C)CCCN2C)sc1CNC. The summed E-state index contributed by atoms with van der Waals surface area (Å²) < 4.78 is 0. The molecule has 0 bridgehead atoms. The fourth-order valence-corrected chi connectivity index (χ4v) is 4.10. The summed E-state index contributed by atoms with van der Waals surface area (Å²) in [6.07, 6.45) is 3.51.